The first-order valence-corrected chi connectivity index (χ1v) is 6.60. The number of rotatable bonds is 1. The number of nitrogens with one attached hydrogen (secondary N) is 1. The molecule has 4 heteroatoms. The molecule has 1 aromatic rings. The number of hydrogen-bond acceptors (Lipinski definition) is 3. The Hall–Kier alpha value is -1.16. The van der Waals surface area contributed by atoms with Gasteiger partial charge in [-0.15, -0.1) is 0 Å². The van der Waals surface area contributed by atoms with Crippen molar-refractivity contribution < 1.29 is 0 Å². The molecule has 0 atom stereocenters. The SMILES string of the molecule is NC1(c2nc3c(c(=O)[nH]2)CCCC3)CCCC1. The van der Waals surface area contributed by atoms with E-state index in [4.69, 9.17) is 5.73 Å². The van der Waals surface area contributed by atoms with Gasteiger partial charge in [0.1, 0.15) is 5.82 Å². The van der Waals surface area contributed by atoms with Crippen LogP contribution in [0.15, 0.2) is 4.79 Å². The van der Waals surface area contributed by atoms with Crippen LogP contribution < -0.4 is 11.3 Å². The summed E-state index contributed by atoms with van der Waals surface area (Å²) in [5, 5.41) is 0. The Labute approximate surface area is 101 Å². The first-order valence-electron chi connectivity index (χ1n) is 6.60. The number of nitrogens with two attached hydrogens (primary N) is 1. The summed E-state index contributed by atoms with van der Waals surface area (Å²) in [4.78, 5) is 19.6. The molecule has 1 saturated carbocycles. The van der Waals surface area contributed by atoms with Crippen LogP contribution >= 0.6 is 0 Å². The van der Waals surface area contributed by atoms with Crippen LogP contribution in [-0.4, -0.2) is 9.97 Å². The minimum Gasteiger partial charge on any atom is -0.319 e. The second kappa shape index (κ2) is 3.95. The van der Waals surface area contributed by atoms with Crippen molar-refractivity contribution >= 4 is 0 Å². The van der Waals surface area contributed by atoms with E-state index in [2.05, 4.69) is 9.97 Å². The largest absolute Gasteiger partial charge is 0.319 e. The maximum absolute atomic E-state index is 12.0. The second-order valence-corrected chi connectivity index (χ2v) is 5.41. The van der Waals surface area contributed by atoms with Crippen LogP contribution in [0.1, 0.15) is 55.6 Å². The van der Waals surface area contributed by atoms with Gasteiger partial charge in [0.15, 0.2) is 0 Å². The van der Waals surface area contributed by atoms with Crippen molar-refractivity contribution in [1.29, 1.82) is 0 Å². The Morgan fingerprint density at radius 3 is 2.59 bits per heavy atom. The Balaban J connectivity index is 2.07. The van der Waals surface area contributed by atoms with Crippen LogP contribution in [0.25, 0.3) is 0 Å². The standard InChI is InChI=1S/C13H19N3O/c14-13(7-3-4-8-13)12-15-10-6-2-1-5-9(10)11(17)16-12/h1-8,14H2,(H,15,16,17). The van der Waals surface area contributed by atoms with E-state index in [-0.39, 0.29) is 11.1 Å². The summed E-state index contributed by atoms with van der Waals surface area (Å²) in [7, 11) is 0. The van der Waals surface area contributed by atoms with Gasteiger partial charge in [-0.05, 0) is 38.5 Å². The number of aromatic amines is 1. The highest BCUT2D eigenvalue weighted by Gasteiger charge is 2.34. The molecule has 3 rings (SSSR count). The van der Waals surface area contributed by atoms with Crippen molar-refractivity contribution in [2.75, 3.05) is 0 Å². The Bertz CT molecular complexity index is 486. The summed E-state index contributed by atoms with van der Waals surface area (Å²) >= 11 is 0. The van der Waals surface area contributed by atoms with Crippen molar-refractivity contribution in [2.45, 2.75) is 56.9 Å². The van der Waals surface area contributed by atoms with E-state index >= 15 is 0 Å². The quantitative estimate of drug-likeness (QED) is 0.769. The Kier molecular flexibility index (Phi) is 2.54. The molecule has 0 bridgehead atoms. The fraction of sp³-hybridized carbons (Fsp3) is 0.692. The molecule has 92 valence electrons. The minimum absolute atomic E-state index is 0.0430. The van der Waals surface area contributed by atoms with E-state index < -0.39 is 0 Å². The lowest BCUT2D eigenvalue weighted by Crippen LogP contribution is -2.38. The topological polar surface area (TPSA) is 71.8 Å². The molecule has 17 heavy (non-hydrogen) atoms. The molecular formula is C13H19N3O. The van der Waals surface area contributed by atoms with Gasteiger partial charge in [-0.3, -0.25) is 4.79 Å². The predicted molar refractivity (Wildman–Crippen MR) is 65.8 cm³/mol. The van der Waals surface area contributed by atoms with Crippen molar-refractivity contribution in [3.05, 3.63) is 27.4 Å². The third kappa shape index (κ3) is 1.80. The number of aryl methyl sites for hydroxylation is 1. The maximum atomic E-state index is 12.0. The lowest BCUT2D eigenvalue weighted by molar-refractivity contribution is 0.425. The summed E-state index contributed by atoms with van der Waals surface area (Å²) in [5.74, 6) is 0.723. The molecule has 0 radical (unpaired) electrons. The third-order valence-corrected chi connectivity index (χ3v) is 4.16. The highest BCUT2D eigenvalue weighted by molar-refractivity contribution is 5.23. The first kappa shape index (κ1) is 11.0. The van der Waals surface area contributed by atoms with Gasteiger partial charge in [0, 0.05) is 5.56 Å². The zero-order chi connectivity index (χ0) is 11.9. The first-order chi connectivity index (χ1) is 8.19. The molecule has 0 unspecified atom stereocenters. The van der Waals surface area contributed by atoms with Crippen molar-refractivity contribution in [3.63, 3.8) is 0 Å². The van der Waals surface area contributed by atoms with Gasteiger partial charge in [0.2, 0.25) is 0 Å². The van der Waals surface area contributed by atoms with Crippen LogP contribution in [-0.2, 0) is 18.4 Å². The van der Waals surface area contributed by atoms with Gasteiger partial charge < -0.3 is 10.7 Å². The summed E-state index contributed by atoms with van der Waals surface area (Å²) in [6.07, 6.45) is 8.20. The molecule has 2 aliphatic carbocycles. The molecule has 0 spiro atoms. The van der Waals surface area contributed by atoms with Crippen molar-refractivity contribution in [2.24, 2.45) is 5.73 Å². The molecule has 4 nitrogen and oxygen atoms in total. The average molecular weight is 233 g/mol. The summed E-state index contributed by atoms with van der Waals surface area (Å²) in [6.45, 7) is 0. The highest BCUT2D eigenvalue weighted by atomic mass is 16.1. The van der Waals surface area contributed by atoms with Gasteiger partial charge in [-0.25, -0.2) is 4.98 Å². The zero-order valence-corrected chi connectivity index (χ0v) is 10.1. The molecule has 1 heterocycles. The Morgan fingerprint density at radius 2 is 1.82 bits per heavy atom. The number of hydrogen-bond donors (Lipinski definition) is 2. The smallest absolute Gasteiger partial charge is 0.254 e. The van der Waals surface area contributed by atoms with Gasteiger partial charge in [0.25, 0.3) is 5.56 Å². The molecule has 0 saturated heterocycles. The van der Waals surface area contributed by atoms with Crippen LogP contribution in [0, 0.1) is 0 Å². The van der Waals surface area contributed by atoms with Gasteiger partial charge in [0.05, 0.1) is 11.2 Å². The van der Waals surface area contributed by atoms with Gasteiger partial charge in [-0.2, -0.15) is 0 Å². The average Bonchev–Trinajstić information content (AvgIpc) is 2.78. The Morgan fingerprint density at radius 1 is 1.12 bits per heavy atom. The minimum atomic E-state index is -0.383. The third-order valence-electron chi connectivity index (χ3n) is 4.16. The van der Waals surface area contributed by atoms with Crippen LogP contribution in [0.3, 0.4) is 0 Å². The summed E-state index contributed by atoms with van der Waals surface area (Å²) in [6, 6.07) is 0. The molecule has 3 N–H and O–H groups in total. The van der Waals surface area contributed by atoms with Crippen LogP contribution in [0.2, 0.25) is 0 Å². The zero-order valence-electron chi connectivity index (χ0n) is 10.1. The fourth-order valence-corrected chi connectivity index (χ4v) is 3.08. The van der Waals surface area contributed by atoms with Gasteiger partial charge in [-0.1, -0.05) is 12.8 Å². The lowest BCUT2D eigenvalue weighted by atomic mass is 9.94. The van der Waals surface area contributed by atoms with E-state index in [0.717, 1.165) is 68.4 Å². The number of nitrogens with zero attached hydrogens (tertiary/aromatic N) is 1. The van der Waals surface area contributed by atoms with E-state index in [1.54, 1.807) is 0 Å². The van der Waals surface area contributed by atoms with Crippen LogP contribution in [0.5, 0.6) is 0 Å². The number of H-pyrrole nitrogens is 1. The number of aromatic nitrogens is 2. The lowest BCUT2D eigenvalue weighted by Gasteiger charge is -2.24. The van der Waals surface area contributed by atoms with Crippen molar-refractivity contribution in [3.8, 4) is 0 Å². The normalized spacial score (nSPS) is 22.4. The molecule has 0 amide bonds. The molecule has 1 fully saturated rings. The summed E-state index contributed by atoms with van der Waals surface area (Å²) in [5.41, 5.74) is 7.89. The van der Waals surface area contributed by atoms with E-state index in [9.17, 15) is 4.79 Å². The summed E-state index contributed by atoms with van der Waals surface area (Å²) < 4.78 is 0. The highest BCUT2D eigenvalue weighted by Crippen LogP contribution is 2.34. The molecule has 0 aliphatic heterocycles. The molecule has 1 aromatic heterocycles. The fourth-order valence-electron chi connectivity index (χ4n) is 3.08. The maximum Gasteiger partial charge on any atom is 0.254 e. The molecular weight excluding hydrogens is 214 g/mol. The number of fused-ring (bicyclic) bond motifs is 1. The van der Waals surface area contributed by atoms with E-state index in [0.29, 0.717) is 0 Å². The predicted octanol–water partition coefficient (Wildman–Crippen LogP) is 1.38. The second-order valence-electron chi connectivity index (χ2n) is 5.41. The van der Waals surface area contributed by atoms with Gasteiger partial charge >= 0.3 is 0 Å². The monoisotopic (exact) mass is 233 g/mol. The van der Waals surface area contributed by atoms with E-state index in [1.807, 2.05) is 0 Å². The van der Waals surface area contributed by atoms with Crippen LogP contribution in [0.4, 0.5) is 0 Å². The molecule has 0 aromatic carbocycles. The van der Waals surface area contributed by atoms with E-state index in [1.165, 1.54) is 0 Å². The van der Waals surface area contributed by atoms with Crippen molar-refractivity contribution in [1.82, 2.24) is 9.97 Å². The molecule has 2 aliphatic rings.